The normalized spacial score (nSPS) is 11.9. The molecule has 0 saturated heterocycles. The minimum Gasteiger partial charge on any atom is -0.493 e. The third-order valence-electron chi connectivity index (χ3n) is 3.95. The van der Waals surface area contributed by atoms with Crippen LogP contribution in [0.15, 0.2) is 53.5 Å². The van der Waals surface area contributed by atoms with Crippen molar-refractivity contribution < 1.29 is 4.74 Å². The number of fused-ring (bicyclic) bond motifs is 1. The summed E-state index contributed by atoms with van der Waals surface area (Å²) >= 11 is 0. The van der Waals surface area contributed by atoms with Crippen molar-refractivity contribution in [3.8, 4) is 5.75 Å². The average molecular weight is 306 g/mol. The van der Waals surface area contributed by atoms with Crippen LogP contribution in [0.25, 0.3) is 10.8 Å². The molecule has 0 radical (unpaired) electrons. The average Bonchev–Trinajstić information content (AvgIpc) is 2.74. The van der Waals surface area contributed by atoms with Gasteiger partial charge in [0.15, 0.2) is 0 Å². The van der Waals surface area contributed by atoms with Crippen molar-refractivity contribution in [1.82, 2.24) is 4.98 Å². The first-order chi connectivity index (χ1) is 11.2. The molecule has 3 rings (SSSR count). The summed E-state index contributed by atoms with van der Waals surface area (Å²) in [5, 5.41) is 3.27. The van der Waals surface area contributed by atoms with E-state index in [1.54, 1.807) is 0 Å². The Balaban J connectivity index is 2.20. The van der Waals surface area contributed by atoms with Crippen molar-refractivity contribution in [2.45, 2.75) is 27.3 Å². The Morgan fingerprint density at radius 1 is 0.913 bits per heavy atom. The van der Waals surface area contributed by atoms with Gasteiger partial charge >= 0.3 is 0 Å². The summed E-state index contributed by atoms with van der Waals surface area (Å²) in [6.07, 6.45) is 0. The van der Waals surface area contributed by atoms with Crippen LogP contribution in [0.1, 0.15) is 23.9 Å². The molecule has 0 unspecified atom stereocenters. The Labute approximate surface area is 136 Å². The molecule has 0 saturated carbocycles. The van der Waals surface area contributed by atoms with Crippen molar-refractivity contribution in [2.24, 2.45) is 4.99 Å². The molecule has 0 amide bonds. The molecule has 3 aromatic rings. The first-order valence-corrected chi connectivity index (χ1v) is 8.00. The number of ether oxygens (including phenoxy) is 1. The van der Waals surface area contributed by atoms with E-state index in [4.69, 9.17) is 9.73 Å². The van der Waals surface area contributed by atoms with E-state index in [1.165, 1.54) is 5.56 Å². The maximum absolute atomic E-state index is 5.83. The Morgan fingerprint density at radius 2 is 1.65 bits per heavy atom. The molecule has 23 heavy (non-hydrogen) atoms. The van der Waals surface area contributed by atoms with E-state index in [-0.39, 0.29) is 0 Å². The number of hydrogen-bond donors (Lipinski definition) is 1. The number of aromatic amines is 1. The van der Waals surface area contributed by atoms with Gasteiger partial charge in [0.1, 0.15) is 5.75 Å². The topological polar surface area (TPSA) is 37.4 Å². The van der Waals surface area contributed by atoms with Gasteiger partial charge in [-0.3, -0.25) is 4.99 Å². The van der Waals surface area contributed by atoms with Crippen LogP contribution >= 0.6 is 0 Å². The first kappa shape index (κ1) is 15.3. The molecule has 3 heteroatoms. The Bertz CT molecular complexity index is 879. The van der Waals surface area contributed by atoms with Crippen molar-refractivity contribution in [1.29, 1.82) is 0 Å². The maximum atomic E-state index is 5.83. The minimum absolute atomic E-state index is 0.652. The summed E-state index contributed by atoms with van der Waals surface area (Å²) in [4.78, 5) is 8.27. The molecule has 0 fully saturated rings. The van der Waals surface area contributed by atoms with E-state index >= 15 is 0 Å². The van der Waals surface area contributed by atoms with E-state index in [1.807, 2.05) is 37.3 Å². The fourth-order valence-electron chi connectivity index (χ4n) is 2.97. The second kappa shape index (κ2) is 6.69. The fourth-order valence-corrected chi connectivity index (χ4v) is 2.97. The molecule has 1 aromatic heterocycles. The lowest BCUT2D eigenvalue weighted by Crippen LogP contribution is -2.01. The second-order valence-corrected chi connectivity index (χ2v) is 5.64. The molecule has 1 N–H and O–H groups in total. The van der Waals surface area contributed by atoms with Gasteiger partial charge in [0.25, 0.3) is 0 Å². The molecule has 1 heterocycles. The van der Waals surface area contributed by atoms with Gasteiger partial charge in [0.05, 0.1) is 18.5 Å². The molecule has 2 aromatic carbocycles. The van der Waals surface area contributed by atoms with Gasteiger partial charge in [0, 0.05) is 22.2 Å². The number of aromatic nitrogens is 1. The van der Waals surface area contributed by atoms with Crippen LogP contribution in [0.4, 0.5) is 0 Å². The summed E-state index contributed by atoms with van der Waals surface area (Å²) in [6, 6.07) is 16.4. The predicted octanol–water partition coefficient (Wildman–Crippen LogP) is 4.28. The zero-order valence-corrected chi connectivity index (χ0v) is 13.9. The third-order valence-corrected chi connectivity index (χ3v) is 3.95. The van der Waals surface area contributed by atoms with Gasteiger partial charge in [-0.15, -0.1) is 0 Å². The second-order valence-electron chi connectivity index (χ2n) is 5.64. The number of rotatable bonds is 4. The number of hydrogen-bond acceptors (Lipinski definition) is 2. The Hall–Kier alpha value is -2.55. The summed E-state index contributed by atoms with van der Waals surface area (Å²) < 4.78 is 5.83. The van der Waals surface area contributed by atoms with Gasteiger partial charge in [-0.1, -0.05) is 36.4 Å². The van der Waals surface area contributed by atoms with Crippen LogP contribution < -0.4 is 10.1 Å². The third kappa shape index (κ3) is 3.14. The van der Waals surface area contributed by atoms with E-state index in [0.29, 0.717) is 13.2 Å². The largest absolute Gasteiger partial charge is 0.493 e. The van der Waals surface area contributed by atoms with E-state index < -0.39 is 0 Å². The summed E-state index contributed by atoms with van der Waals surface area (Å²) in [5.41, 5.74) is 3.46. The van der Waals surface area contributed by atoms with E-state index in [2.05, 4.69) is 37.0 Å². The van der Waals surface area contributed by atoms with Gasteiger partial charge in [-0.25, -0.2) is 0 Å². The fraction of sp³-hybridized carbons (Fsp3) is 0.250. The molecule has 0 aliphatic carbocycles. The molecule has 3 nitrogen and oxygen atoms in total. The highest BCUT2D eigenvalue weighted by Gasteiger charge is 2.10. The molecule has 0 spiro atoms. The number of nitrogens with zero attached hydrogens (tertiary/aromatic N) is 1. The lowest BCUT2D eigenvalue weighted by atomic mass is 10.2. The molecule has 0 atom stereocenters. The monoisotopic (exact) mass is 306 g/mol. The lowest BCUT2D eigenvalue weighted by molar-refractivity contribution is 0.344. The maximum Gasteiger partial charge on any atom is 0.128 e. The number of nitrogens with one attached hydrogen (secondary N) is 1. The zero-order valence-electron chi connectivity index (χ0n) is 13.9. The smallest absolute Gasteiger partial charge is 0.128 e. The first-order valence-electron chi connectivity index (χ1n) is 8.00. The Kier molecular flexibility index (Phi) is 4.47. The molecule has 118 valence electrons. The van der Waals surface area contributed by atoms with Crippen LogP contribution in [-0.4, -0.2) is 11.6 Å². The van der Waals surface area contributed by atoms with Crippen LogP contribution in [0.5, 0.6) is 5.75 Å². The summed E-state index contributed by atoms with van der Waals surface area (Å²) in [6.45, 7) is 7.51. The number of benzene rings is 1. The zero-order chi connectivity index (χ0) is 16.2. The number of aryl methyl sites for hydroxylation is 2. The molecule has 0 aliphatic heterocycles. The van der Waals surface area contributed by atoms with Gasteiger partial charge in [0.2, 0.25) is 0 Å². The molecule has 0 bridgehead atoms. The summed E-state index contributed by atoms with van der Waals surface area (Å²) in [7, 11) is 0. The van der Waals surface area contributed by atoms with Crippen LogP contribution in [-0.2, 0) is 6.54 Å². The van der Waals surface area contributed by atoms with Gasteiger partial charge in [-0.2, -0.15) is 0 Å². The van der Waals surface area contributed by atoms with Crippen LogP contribution in [0, 0.1) is 13.8 Å². The van der Waals surface area contributed by atoms with Crippen LogP contribution in [0.3, 0.4) is 0 Å². The molecular formula is C20H22N2O. The molecular weight excluding hydrogens is 284 g/mol. The Morgan fingerprint density at radius 3 is 2.39 bits per heavy atom. The van der Waals surface area contributed by atoms with Crippen LogP contribution in [0.2, 0.25) is 0 Å². The predicted molar refractivity (Wildman–Crippen MR) is 94.7 cm³/mol. The minimum atomic E-state index is 0.652. The van der Waals surface area contributed by atoms with Gasteiger partial charge < -0.3 is 9.72 Å². The SMILES string of the molecule is CCOc1cccc(=NCc2ccccc2)c2c(C)[nH]c(C)c12. The highest BCUT2D eigenvalue weighted by Crippen LogP contribution is 2.27. The van der Waals surface area contributed by atoms with E-state index in [9.17, 15) is 0 Å². The number of H-pyrrole nitrogens is 1. The lowest BCUT2D eigenvalue weighted by Gasteiger charge is -2.02. The van der Waals surface area contributed by atoms with Crippen molar-refractivity contribution in [2.75, 3.05) is 6.61 Å². The van der Waals surface area contributed by atoms with Crippen molar-refractivity contribution >= 4 is 10.8 Å². The highest BCUT2D eigenvalue weighted by atomic mass is 16.5. The van der Waals surface area contributed by atoms with E-state index in [0.717, 1.165) is 33.3 Å². The summed E-state index contributed by atoms with van der Waals surface area (Å²) in [5.74, 6) is 0.908. The van der Waals surface area contributed by atoms with Gasteiger partial charge in [-0.05, 0) is 38.5 Å². The highest BCUT2D eigenvalue weighted by molar-refractivity contribution is 5.92. The quantitative estimate of drug-likeness (QED) is 0.767. The molecule has 0 aliphatic rings. The van der Waals surface area contributed by atoms with Crippen molar-refractivity contribution in [3.63, 3.8) is 0 Å². The standard InChI is InChI=1S/C20H22N2O/c1-4-23-18-12-8-11-17(19-14(2)22-15(3)20(18)19)21-13-16-9-6-5-7-10-16/h5-12,22H,4,13H2,1-3H3. The van der Waals surface area contributed by atoms with Crippen molar-refractivity contribution in [3.05, 3.63) is 70.8 Å².